The number of benzene rings is 1. The lowest BCUT2D eigenvalue weighted by Crippen LogP contribution is -2.04. The molecular weight excluding hydrogens is 248 g/mol. The van der Waals surface area contributed by atoms with Gasteiger partial charge in [0, 0.05) is 6.07 Å². The summed E-state index contributed by atoms with van der Waals surface area (Å²) in [6.45, 7) is 1.80. The molecule has 0 aliphatic heterocycles. The maximum absolute atomic E-state index is 11.6. The smallest absolute Gasteiger partial charge is 0.341 e. The zero-order valence-electron chi connectivity index (χ0n) is 10.5. The van der Waals surface area contributed by atoms with E-state index in [0.29, 0.717) is 17.6 Å². The summed E-state index contributed by atoms with van der Waals surface area (Å²) in [4.78, 5) is 22.2. The molecule has 0 saturated heterocycles. The van der Waals surface area contributed by atoms with E-state index in [4.69, 9.17) is 13.9 Å². The minimum absolute atomic E-state index is 0.140. The Hall–Kier alpha value is -2.56. The molecule has 1 aromatic heterocycles. The van der Waals surface area contributed by atoms with Gasteiger partial charge in [0.15, 0.2) is 12.0 Å². The summed E-state index contributed by atoms with van der Waals surface area (Å²) in [6, 6.07) is 8.12. The fourth-order valence-electron chi connectivity index (χ4n) is 1.61. The van der Waals surface area contributed by atoms with Crippen molar-refractivity contribution in [3.63, 3.8) is 0 Å². The van der Waals surface area contributed by atoms with Crippen molar-refractivity contribution in [2.45, 2.75) is 6.92 Å². The fourth-order valence-corrected chi connectivity index (χ4v) is 1.61. The van der Waals surface area contributed by atoms with Gasteiger partial charge in [-0.3, -0.25) is 4.79 Å². The van der Waals surface area contributed by atoms with Crippen LogP contribution < -0.4 is 4.74 Å². The Morgan fingerprint density at radius 2 is 2.05 bits per heavy atom. The van der Waals surface area contributed by atoms with E-state index in [1.165, 1.54) is 19.2 Å². The molecule has 5 nitrogen and oxygen atoms in total. The van der Waals surface area contributed by atoms with Gasteiger partial charge in [0.2, 0.25) is 0 Å². The third-order valence-electron chi connectivity index (χ3n) is 2.54. The molecule has 98 valence electrons. The number of carbonyl (C=O) groups is 2. The molecule has 0 bridgehead atoms. The first kappa shape index (κ1) is 12.9. The molecule has 0 unspecified atom stereocenters. The standard InChI is InChI=1S/C14H12O5/c1-9-4-3-5-11(14(16)17-2)13(9)19-12-7-6-10(8-15)18-12/h3-8H,1-2H3. The van der Waals surface area contributed by atoms with Gasteiger partial charge in [-0.25, -0.2) is 4.79 Å². The Labute approximate surface area is 109 Å². The molecule has 0 saturated carbocycles. The highest BCUT2D eigenvalue weighted by molar-refractivity contribution is 5.93. The maximum atomic E-state index is 11.6. The predicted octanol–water partition coefficient (Wildman–Crippen LogP) is 2.98. The molecule has 0 N–H and O–H groups in total. The van der Waals surface area contributed by atoms with Crippen molar-refractivity contribution in [2.24, 2.45) is 0 Å². The topological polar surface area (TPSA) is 65.7 Å². The summed E-state index contributed by atoms with van der Waals surface area (Å²) >= 11 is 0. The van der Waals surface area contributed by atoms with Gasteiger partial charge in [-0.2, -0.15) is 0 Å². The van der Waals surface area contributed by atoms with Crippen molar-refractivity contribution in [3.8, 4) is 11.7 Å². The van der Waals surface area contributed by atoms with Crippen LogP contribution in [0.3, 0.4) is 0 Å². The maximum Gasteiger partial charge on any atom is 0.341 e. The van der Waals surface area contributed by atoms with Crippen LogP contribution in [0.5, 0.6) is 11.7 Å². The highest BCUT2D eigenvalue weighted by Gasteiger charge is 2.16. The van der Waals surface area contributed by atoms with E-state index in [1.807, 2.05) is 0 Å². The number of hydrogen-bond donors (Lipinski definition) is 0. The SMILES string of the molecule is COC(=O)c1cccc(C)c1Oc1ccc(C=O)o1. The molecular formula is C14H12O5. The monoisotopic (exact) mass is 260 g/mol. The van der Waals surface area contributed by atoms with Gasteiger partial charge >= 0.3 is 5.97 Å². The van der Waals surface area contributed by atoms with E-state index >= 15 is 0 Å². The zero-order chi connectivity index (χ0) is 13.8. The van der Waals surface area contributed by atoms with Crippen LogP contribution >= 0.6 is 0 Å². The average molecular weight is 260 g/mol. The number of esters is 1. The van der Waals surface area contributed by atoms with Crippen molar-refractivity contribution in [1.82, 2.24) is 0 Å². The van der Waals surface area contributed by atoms with Gasteiger partial charge < -0.3 is 13.9 Å². The normalized spacial score (nSPS) is 10.0. The first-order valence-electron chi connectivity index (χ1n) is 5.56. The lowest BCUT2D eigenvalue weighted by atomic mass is 10.1. The third-order valence-corrected chi connectivity index (χ3v) is 2.54. The molecule has 0 atom stereocenters. The van der Waals surface area contributed by atoms with E-state index in [0.717, 1.165) is 5.56 Å². The molecule has 0 aliphatic rings. The Morgan fingerprint density at radius 1 is 1.26 bits per heavy atom. The van der Waals surface area contributed by atoms with Gasteiger partial charge in [-0.05, 0) is 24.6 Å². The summed E-state index contributed by atoms with van der Waals surface area (Å²) in [5.41, 5.74) is 1.05. The number of carbonyl (C=O) groups excluding carboxylic acids is 2. The lowest BCUT2D eigenvalue weighted by molar-refractivity contribution is 0.0597. The molecule has 19 heavy (non-hydrogen) atoms. The van der Waals surface area contributed by atoms with Crippen LogP contribution in [0.25, 0.3) is 0 Å². The summed E-state index contributed by atoms with van der Waals surface area (Å²) in [7, 11) is 1.30. The minimum atomic E-state index is -0.499. The first-order valence-corrected chi connectivity index (χ1v) is 5.56. The van der Waals surface area contributed by atoms with E-state index in [9.17, 15) is 9.59 Å². The van der Waals surface area contributed by atoms with Crippen molar-refractivity contribution in [2.75, 3.05) is 7.11 Å². The second kappa shape index (κ2) is 5.39. The van der Waals surface area contributed by atoms with Crippen molar-refractivity contribution >= 4 is 12.3 Å². The van der Waals surface area contributed by atoms with Crippen molar-refractivity contribution < 1.29 is 23.5 Å². The van der Waals surface area contributed by atoms with Crippen LogP contribution in [0.15, 0.2) is 34.7 Å². The van der Waals surface area contributed by atoms with Crippen LogP contribution in [0.4, 0.5) is 0 Å². The minimum Gasteiger partial charge on any atom is -0.465 e. The Bertz CT molecular complexity index is 612. The van der Waals surface area contributed by atoms with E-state index < -0.39 is 5.97 Å². The van der Waals surface area contributed by atoms with Gasteiger partial charge in [-0.1, -0.05) is 12.1 Å². The number of aldehydes is 1. The second-order valence-corrected chi connectivity index (χ2v) is 3.82. The Kier molecular flexibility index (Phi) is 3.66. The molecule has 5 heteroatoms. The van der Waals surface area contributed by atoms with Crippen LogP contribution in [-0.2, 0) is 4.74 Å². The summed E-state index contributed by atoms with van der Waals surface area (Å²) in [5.74, 6) is 0.145. The Morgan fingerprint density at radius 3 is 2.68 bits per heavy atom. The number of para-hydroxylation sites is 1. The van der Waals surface area contributed by atoms with Gasteiger partial charge in [0.05, 0.1) is 7.11 Å². The second-order valence-electron chi connectivity index (χ2n) is 3.82. The lowest BCUT2D eigenvalue weighted by Gasteiger charge is -2.10. The highest BCUT2D eigenvalue weighted by atomic mass is 16.6. The van der Waals surface area contributed by atoms with Crippen LogP contribution in [0.1, 0.15) is 26.5 Å². The van der Waals surface area contributed by atoms with Crippen LogP contribution in [0, 0.1) is 6.92 Å². The molecule has 2 aromatic rings. The quantitative estimate of drug-likeness (QED) is 0.624. The zero-order valence-corrected chi connectivity index (χ0v) is 10.5. The van der Waals surface area contributed by atoms with E-state index in [1.54, 1.807) is 25.1 Å². The number of methoxy groups -OCH3 is 1. The van der Waals surface area contributed by atoms with E-state index in [-0.39, 0.29) is 11.7 Å². The third kappa shape index (κ3) is 2.65. The first-order chi connectivity index (χ1) is 9.15. The van der Waals surface area contributed by atoms with Crippen molar-refractivity contribution in [3.05, 3.63) is 47.2 Å². The molecule has 0 radical (unpaired) electrons. The number of ether oxygens (including phenoxy) is 2. The molecule has 0 fully saturated rings. The molecule has 0 aliphatic carbocycles. The van der Waals surface area contributed by atoms with E-state index in [2.05, 4.69) is 0 Å². The summed E-state index contributed by atoms with van der Waals surface area (Å²) < 4.78 is 15.3. The summed E-state index contributed by atoms with van der Waals surface area (Å²) in [6.07, 6.45) is 0.575. The molecule has 0 amide bonds. The molecule has 0 spiro atoms. The van der Waals surface area contributed by atoms with Gasteiger partial charge in [0.1, 0.15) is 11.3 Å². The fraction of sp³-hybridized carbons (Fsp3) is 0.143. The molecule has 1 aromatic carbocycles. The van der Waals surface area contributed by atoms with Crippen molar-refractivity contribution in [1.29, 1.82) is 0 Å². The predicted molar refractivity (Wildman–Crippen MR) is 66.7 cm³/mol. The molecule has 2 rings (SSSR count). The number of furan rings is 1. The molecule has 1 heterocycles. The van der Waals surface area contributed by atoms with Gasteiger partial charge in [0.25, 0.3) is 5.95 Å². The Balaban J connectivity index is 2.38. The van der Waals surface area contributed by atoms with Crippen LogP contribution in [0.2, 0.25) is 0 Å². The largest absolute Gasteiger partial charge is 0.465 e. The number of aryl methyl sites for hydroxylation is 1. The number of hydrogen-bond acceptors (Lipinski definition) is 5. The summed E-state index contributed by atoms with van der Waals surface area (Å²) in [5, 5.41) is 0. The van der Waals surface area contributed by atoms with Gasteiger partial charge in [-0.15, -0.1) is 0 Å². The number of rotatable bonds is 4. The van der Waals surface area contributed by atoms with Crippen LogP contribution in [-0.4, -0.2) is 19.4 Å². The highest BCUT2D eigenvalue weighted by Crippen LogP contribution is 2.30. The average Bonchev–Trinajstić information content (AvgIpc) is 2.88.